The highest BCUT2D eigenvalue weighted by Gasteiger charge is 2.24. The van der Waals surface area contributed by atoms with Gasteiger partial charge in [-0.05, 0) is 6.92 Å². The predicted octanol–water partition coefficient (Wildman–Crippen LogP) is 0.110. The lowest BCUT2D eigenvalue weighted by atomic mass is 10.3. The van der Waals surface area contributed by atoms with E-state index >= 15 is 0 Å². The van der Waals surface area contributed by atoms with Gasteiger partial charge < -0.3 is 18.7 Å². The maximum absolute atomic E-state index is 11.4. The molecule has 0 aromatic heterocycles. The van der Waals surface area contributed by atoms with Crippen molar-refractivity contribution >= 4 is 11.8 Å². The number of carbonyl (C=O) groups excluding carboxylic acids is 1. The van der Waals surface area contributed by atoms with Crippen molar-refractivity contribution in [3.05, 3.63) is 5.57 Å². The highest BCUT2D eigenvalue weighted by molar-refractivity contribution is 6.01. The Balaban J connectivity index is 2.25. The highest BCUT2D eigenvalue weighted by Crippen LogP contribution is 2.09. The van der Waals surface area contributed by atoms with Gasteiger partial charge in [0.25, 0.3) is 0 Å². The molecule has 7 nitrogen and oxygen atoms in total. The topological polar surface area (TPSA) is 95.7 Å². The minimum absolute atomic E-state index is 0.196. The van der Waals surface area contributed by atoms with Crippen LogP contribution in [0.2, 0.25) is 0 Å². The Morgan fingerprint density at radius 3 is 2.67 bits per heavy atom. The second-order valence-corrected chi connectivity index (χ2v) is 5.16. The molecule has 0 spiro atoms. The molecule has 1 fully saturated rings. The van der Waals surface area contributed by atoms with Crippen LogP contribution < -0.4 is 0 Å². The fourth-order valence-corrected chi connectivity index (χ4v) is 1.65. The number of quaternary nitrogens is 1. The number of ether oxygens (including phenoxy) is 3. The van der Waals surface area contributed by atoms with Crippen molar-refractivity contribution in [2.45, 2.75) is 13.0 Å². The Bertz CT molecular complexity index is 450. The molecule has 0 bridgehead atoms. The summed E-state index contributed by atoms with van der Waals surface area (Å²) in [6.45, 7) is 6.63. The van der Waals surface area contributed by atoms with Crippen molar-refractivity contribution in [2.24, 2.45) is 0 Å². The van der Waals surface area contributed by atoms with Crippen LogP contribution in [0.4, 0.5) is 0 Å². The Hall–Kier alpha value is -1.71. The number of carbonyl (C=O) groups is 1. The zero-order chi connectivity index (χ0) is 15.7. The largest absolute Gasteiger partial charge is 0.455 e. The molecule has 21 heavy (non-hydrogen) atoms. The van der Waals surface area contributed by atoms with E-state index in [1.807, 2.05) is 0 Å². The van der Waals surface area contributed by atoms with Gasteiger partial charge in [0.1, 0.15) is 31.9 Å². The second kappa shape index (κ2) is 8.55. The molecule has 0 aliphatic carbocycles. The normalized spacial score (nSPS) is 19.0. The molecule has 2 unspecified atom stereocenters. The lowest BCUT2D eigenvalue weighted by Gasteiger charge is -2.33. The Labute approximate surface area is 124 Å². The van der Waals surface area contributed by atoms with Crippen LogP contribution in [0.25, 0.3) is 0 Å². The van der Waals surface area contributed by atoms with Crippen LogP contribution >= 0.6 is 0 Å². The number of hydrogen-bond donors (Lipinski definition) is 1. The summed E-state index contributed by atoms with van der Waals surface area (Å²) in [6.07, 6.45) is 0.267. The summed E-state index contributed by atoms with van der Waals surface area (Å²) in [6, 6.07) is 1.58. The summed E-state index contributed by atoms with van der Waals surface area (Å²) < 4.78 is 16.3. The van der Waals surface area contributed by atoms with Crippen LogP contribution in [0.5, 0.6) is 0 Å². The van der Waals surface area contributed by atoms with E-state index in [1.54, 1.807) is 11.9 Å². The molecule has 2 atom stereocenters. The third-order valence-corrected chi connectivity index (χ3v) is 3.55. The number of likely N-dealkylation sites (N-methyl/N-ethyl adjacent to an activating group) is 1. The van der Waals surface area contributed by atoms with Crippen molar-refractivity contribution in [1.29, 1.82) is 10.7 Å². The fourth-order valence-electron chi connectivity index (χ4n) is 1.65. The van der Waals surface area contributed by atoms with E-state index in [4.69, 9.17) is 24.9 Å². The molecule has 0 aromatic carbocycles. The first-order valence-electron chi connectivity index (χ1n) is 6.94. The maximum Gasteiger partial charge on any atom is 0.358 e. The van der Waals surface area contributed by atoms with Gasteiger partial charge in [-0.15, -0.1) is 0 Å². The third kappa shape index (κ3) is 6.52. The summed E-state index contributed by atoms with van der Waals surface area (Å²) in [5.41, 5.74) is -0.409. The Morgan fingerprint density at radius 2 is 2.14 bits per heavy atom. The van der Waals surface area contributed by atoms with E-state index in [-0.39, 0.29) is 12.7 Å². The van der Waals surface area contributed by atoms with E-state index < -0.39 is 11.5 Å². The molecule has 1 heterocycles. The summed E-state index contributed by atoms with van der Waals surface area (Å²) in [5, 5.41) is 15.4. The average Bonchev–Trinajstić information content (AvgIpc) is 3.29. The minimum atomic E-state index is -0.794. The predicted molar refractivity (Wildman–Crippen MR) is 74.8 cm³/mol. The number of rotatable bonds is 10. The van der Waals surface area contributed by atoms with Gasteiger partial charge in [-0.25, -0.2) is 4.79 Å². The van der Waals surface area contributed by atoms with Crippen molar-refractivity contribution in [3.63, 3.8) is 0 Å². The van der Waals surface area contributed by atoms with Gasteiger partial charge >= 0.3 is 5.97 Å². The van der Waals surface area contributed by atoms with Gasteiger partial charge in [0.15, 0.2) is 5.57 Å². The van der Waals surface area contributed by atoms with Gasteiger partial charge in [0.05, 0.1) is 33.4 Å². The number of esters is 1. The van der Waals surface area contributed by atoms with E-state index in [1.165, 1.54) is 0 Å². The lowest BCUT2D eigenvalue weighted by Crippen LogP contribution is -2.48. The first kappa shape index (κ1) is 17.3. The molecule has 0 aromatic rings. The number of nitrogens with zero attached hydrogens (tertiary/aromatic N) is 2. The Kier molecular flexibility index (Phi) is 7.06. The molecular weight excluding hydrogens is 274 g/mol. The SMILES string of the molecule is CC[N+](C)(CCOCC1CO1)CCOC(=O)C(=C=N)C#N. The Morgan fingerprint density at radius 1 is 1.48 bits per heavy atom. The van der Waals surface area contributed by atoms with Crippen LogP contribution in [-0.4, -0.2) is 75.5 Å². The molecule has 1 saturated heterocycles. The first-order chi connectivity index (χ1) is 10.0. The van der Waals surface area contributed by atoms with Crippen LogP contribution in [0, 0.1) is 16.7 Å². The molecule has 1 N–H and O–H groups in total. The first-order valence-corrected chi connectivity index (χ1v) is 6.94. The molecule has 0 radical (unpaired) electrons. The second-order valence-electron chi connectivity index (χ2n) is 5.16. The van der Waals surface area contributed by atoms with E-state index in [0.29, 0.717) is 24.2 Å². The third-order valence-electron chi connectivity index (χ3n) is 3.55. The quantitative estimate of drug-likeness (QED) is 0.117. The van der Waals surface area contributed by atoms with Gasteiger partial charge in [-0.1, -0.05) is 0 Å². The number of epoxide rings is 1. The van der Waals surface area contributed by atoms with E-state index in [9.17, 15) is 4.79 Å². The fraction of sp³-hybridized carbons (Fsp3) is 0.714. The summed E-state index contributed by atoms with van der Waals surface area (Å²) in [4.78, 5) is 11.4. The maximum atomic E-state index is 11.4. The molecule has 0 amide bonds. The summed E-state index contributed by atoms with van der Waals surface area (Å²) in [5.74, 6) is 0.971. The molecule has 1 rings (SSSR count). The van der Waals surface area contributed by atoms with E-state index in [0.717, 1.165) is 19.7 Å². The zero-order valence-electron chi connectivity index (χ0n) is 12.6. The van der Waals surface area contributed by atoms with Gasteiger partial charge in [0.2, 0.25) is 0 Å². The number of nitrogens with one attached hydrogen (secondary N) is 1. The molecule has 116 valence electrons. The summed E-state index contributed by atoms with van der Waals surface area (Å²) >= 11 is 0. The molecule has 7 heteroatoms. The molecular formula is C14H22N3O4+. The van der Waals surface area contributed by atoms with Gasteiger partial charge in [0, 0.05) is 5.87 Å². The van der Waals surface area contributed by atoms with Crippen LogP contribution in [0.15, 0.2) is 5.57 Å². The van der Waals surface area contributed by atoms with Crippen LogP contribution in [0.3, 0.4) is 0 Å². The van der Waals surface area contributed by atoms with Crippen molar-refractivity contribution < 1.29 is 23.5 Å². The van der Waals surface area contributed by atoms with Crippen molar-refractivity contribution in [2.75, 3.05) is 53.1 Å². The lowest BCUT2D eigenvalue weighted by molar-refractivity contribution is -0.908. The number of nitriles is 1. The molecule has 1 aliphatic heterocycles. The standard InChI is InChI=1S/C14H22N3O4/c1-3-17(2,4-6-19-10-13-11-21-13)5-7-20-14(18)12(8-15)9-16/h13,15H,3-7,10-11H2,1-2H3/q+1. The van der Waals surface area contributed by atoms with Crippen molar-refractivity contribution in [3.8, 4) is 6.07 Å². The smallest absolute Gasteiger partial charge is 0.358 e. The monoisotopic (exact) mass is 296 g/mol. The average molecular weight is 296 g/mol. The zero-order valence-corrected chi connectivity index (χ0v) is 12.6. The molecule has 1 aliphatic rings. The number of hydrogen-bond acceptors (Lipinski definition) is 6. The van der Waals surface area contributed by atoms with Crippen LogP contribution in [0.1, 0.15) is 6.92 Å². The van der Waals surface area contributed by atoms with Crippen molar-refractivity contribution in [1.82, 2.24) is 0 Å². The summed E-state index contributed by atoms with van der Waals surface area (Å²) in [7, 11) is 2.06. The molecule has 0 saturated carbocycles. The minimum Gasteiger partial charge on any atom is -0.455 e. The van der Waals surface area contributed by atoms with E-state index in [2.05, 4.69) is 14.0 Å². The van der Waals surface area contributed by atoms with Gasteiger partial charge in [-0.2, -0.15) is 5.26 Å². The van der Waals surface area contributed by atoms with Crippen LogP contribution in [-0.2, 0) is 19.0 Å². The highest BCUT2D eigenvalue weighted by atomic mass is 16.6. The van der Waals surface area contributed by atoms with Gasteiger partial charge in [-0.3, -0.25) is 5.41 Å².